The highest BCUT2D eigenvalue weighted by Gasteiger charge is 2.38. The van der Waals surface area contributed by atoms with Crippen molar-refractivity contribution in [2.75, 3.05) is 5.32 Å². The van der Waals surface area contributed by atoms with Gasteiger partial charge in [0.2, 0.25) is 0 Å². The fourth-order valence-electron chi connectivity index (χ4n) is 4.47. The number of hydrogen-bond acceptors (Lipinski definition) is 5. The van der Waals surface area contributed by atoms with Crippen LogP contribution in [0.15, 0.2) is 54.7 Å². The van der Waals surface area contributed by atoms with E-state index in [1.165, 1.54) is 13.1 Å². The number of alkyl halides is 3. The standard InChI is InChI=1S/C29H24ClF5N4O3/c1-3-23(29(33,34)35)38-16-12-20(31)24(21(32)13-16)27(40)39-22(28(41)42)11-15-7-8-18(25-17(15)5-4-10-36-25)26-19(30)9-6-14(2)37-26/h4-10,12-13,22-23,38H,3,11H2,1-2H3,(H,39,40)(H,41,42)/t22-,23+/m0/s1. The number of fused-ring (bicyclic) bond motifs is 1. The molecule has 0 spiro atoms. The Labute approximate surface area is 241 Å². The molecule has 4 rings (SSSR count). The quantitative estimate of drug-likeness (QED) is 0.183. The zero-order valence-electron chi connectivity index (χ0n) is 22.2. The molecule has 0 unspecified atom stereocenters. The third-order valence-corrected chi connectivity index (χ3v) is 6.85. The lowest BCUT2D eigenvalue weighted by atomic mass is 9.96. The van der Waals surface area contributed by atoms with Crippen molar-refractivity contribution >= 4 is 40.1 Å². The number of nitrogens with zero attached hydrogens (tertiary/aromatic N) is 2. The maximum atomic E-state index is 14.8. The molecule has 4 aromatic rings. The van der Waals surface area contributed by atoms with Crippen LogP contribution in [0, 0.1) is 18.6 Å². The number of hydrogen-bond donors (Lipinski definition) is 3. The number of anilines is 1. The van der Waals surface area contributed by atoms with Gasteiger partial charge in [-0.2, -0.15) is 13.2 Å². The van der Waals surface area contributed by atoms with Gasteiger partial charge in [0.15, 0.2) is 0 Å². The largest absolute Gasteiger partial charge is 0.480 e. The first-order valence-corrected chi connectivity index (χ1v) is 13.0. The van der Waals surface area contributed by atoms with Crippen molar-refractivity contribution in [1.82, 2.24) is 15.3 Å². The first kappa shape index (κ1) is 30.6. The average Bonchev–Trinajstić information content (AvgIpc) is 2.91. The number of rotatable bonds is 9. The Balaban J connectivity index is 1.62. The number of aryl methyl sites for hydroxylation is 1. The molecule has 0 aliphatic carbocycles. The number of amides is 1. The number of aliphatic carboxylic acids is 1. The van der Waals surface area contributed by atoms with Crippen LogP contribution in [0.1, 0.15) is 35.0 Å². The molecule has 2 aromatic heterocycles. The van der Waals surface area contributed by atoms with Gasteiger partial charge in [-0.25, -0.2) is 13.6 Å². The van der Waals surface area contributed by atoms with E-state index in [4.69, 9.17) is 11.6 Å². The maximum absolute atomic E-state index is 14.8. The predicted octanol–water partition coefficient (Wildman–Crippen LogP) is 6.72. The van der Waals surface area contributed by atoms with E-state index in [-0.39, 0.29) is 6.42 Å². The number of carbonyl (C=O) groups is 2. The summed E-state index contributed by atoms with van der Waals surface area (Å²) >= 11 is 6.37. The zero-order chi connectivity index (χ0) is 30.8. The third kappa shape index (κ3) is 6.59. The number of nitrogens with one attached hydrogen (secondary N) is 2. The molecule has 220 valence electrons. The number of aromatic nitrogens is 2. The molecule has 0 fully saturated rings. The molecule has 13 heteroatoms. The van der Waals surface area contributed by atoms with Gasteiger partial charge in [-0.15, -0.1) is 0 Å². The number of benzene rings is 2. The van der Waals surface area contributed by atoms with Gasteiger partial charge in [-0.3, -0.25) is 14.8 Å². The van der Waals surface area contributed by atoms with Crippen molar-refractivity contribution in [3.05, 3.63) is 88.2 Å². The molecule has 0 aliphatic rings. The van der Waals surface area contributed by atoms with Crippen LogP contribution >= 0.6 is 11.6 Å². The molecule has 0 aliphatic heterocycles. The van der Waals surface area contributed by atoms with Gasteiger partial charge in [0.1, 0.15) is 29.3 Å². The van der Waals surface area contributed by atoms with Crippen LogP contribution in [0.5, 0.6) is 0 Å². The molecule has 0 bridgehead atoms. The minimum absolute atomic E-state index is 0.287. The molecule has 0 saturated heterocycles. The van der Waals surface area contributed by atoms with E-state index >= 15 is 0 Å². The lowest BCUT2D eigenvalue weighted by Crippen LogP contribution is -2.43. The number of carboxylic acid groups (broad SMARTS) is 1. The van der Waals surface area contributed by atoms with Crippen LogP contribution < -0.4 is 10.6 Å². The highest BCUT2D eigenvalue weighted by Crippen LogP contribution is 2.33. The molecular weight excluding hydrogens is 583 g/mol. The molecule has 2 heterocycles. The number of carboxylic acids is 1. The Morgan fingerprint density at radius 2 is 1.76 bits per heavy atom. The van der Waals surface area contributed by atoms with Gasteiger partial charge >= 0.3 is 12.1 Å². The second kappa shape index (κ2) is 12.3. The van der Waals surface area contributed by atoms with Gasteiger partial charge in [-0.05, 0) is 49.2 Å². The molecule has 7 nitrogen and oxygen atoms in total. The van der Waals surface area contributed by atoms with Crippen molar-refractivity contribution in [3.63, 3.8) is 0 Å². The summed E-state index contributed by atoms with van der Waals surface area (Å²) in [5, 5.41) is 14.9. The monoisotopic (exact) mass is 606 g/mol. The predicted molar refractivity (Wildman–Crippen MR) is 147 cm³/mol. The number of carbonyl (C=O) groups excluding carboxylic acids is 1. The van der Waals surface area contributed by atoms with Gasteiger partial charge < -0.3 is 15.7 Å². The summed E-state index contributed by atoms with van der Waals surface area (Å²) in [6.07, 6.45) is -3.83. The van der Waals surface area contributed by atoms with Crippen molar-refractivity contribution in [1.29, 1.82) is 0 Å². The van der Waals surface area contributed by atoms with E-state index in [0.717, 1.165) is 0 Å². The van der Waals surface area contributed by atoms with E-state index in [0.29, 0.717) is 50.6 Å². The summed E-state index contributed by atoms with van der Waals surface area (Å²) in [6.45, 7) is 3.04. The van der Waals surface area contributed by atoms with Crippen molar-refractivity contribution in [3.8, 4) is 11.3 Å². The smallest absolute Gasteiger partial charge is 0.408 e. The van der Waals surface area contributed by atoms with Gasteiger partial charge in [0.05, 0.1) is 16.2 Å². The number of halogens is 6. The Hall–Kier alpha value is -4.32. The second-order valence-electron chi connectivity index (χ2n) is 9.48. The summed E-state index contributed by atoms with van der Waals surface area (Å²) in [4.78, 5) is 33.8. The Morgan fingerprint density at radius 1 is 1.07 bits per heavy atom. The van der Waals surface area contributed by atoms with E-state index in [2.05, 4.69) is 15.3 Å². The van der Waals surface area contributed by atoms with Crippen LogP contribution in [0.3, 0.4) is 0 Å². The fourth-order valence-corrected chi connectivity index (χ4v) is 4.68. The van der Waals surface area contributed by atoms with Crippen molar-refractivity contribution < 1.29 is 36.6 Å². The van der Waals surface area contributed by atoms with Crippen LogP contribution in [-0.4, -0.2) is 45.2 Å². The second-order valence-corrected chi connectivity index (χ2v) is 9.89. The molecule has 0 saturated carbocycles. The van der Waals surface area contributed by atoms with Crippen LogP contribution in [0.4, 0.5) is 27.6 Å². The van der Waals surface area contributed by atoms with Crippen LogP contribution in [0.2, 0.25) is 5.02 Å². The summed E-state index contributed by atoms with van der Waals surface area (Å²) in [5.74, 6) is -5.79. The van der Waals surface area contributed by atoms with Gasteiger partial charge in [0, 0.05) is 34.9 Å². The molecule has 1 amide bonds. The Kier molecular flexibility index (Phi) is 8.95. The third-order valence-electron chi connectivity index (χ3n) is 6.54. The first-order valence-electron chi connectivity index (χ1n) is 12.7. The maximum Gasteiger partial charge on any atom is 0.408 e. The Bertz CT molecular complexity index is 1640. The zero-order valence-corrected chi connectivity index (χ0v) is 22.9. The van der Waals surface area contributed by atoms with E-state index in [1.807, 2.05) is 5.32 Å². The topological polar surface area (TPSA) is 104 Å². The minimum Gasteiger partial charge on any atom is -0.480 e. The first-order chi connectivity index (χ1) is 19.8. The molecule has 0 radical (unpaired) electrons. The summed E-state index contributed by atoms with van der Waals surface area (Å²) in [5.41, 5.74) is 1.04. The SMILES string of the molecule is CC[C@@H](Nc1cc(F)c(C(=O)N[C@@H](Cc2ccc(-c3nc(C)ccc3Cl)c3ncccc23)C(=O)O)c(F)c1)C(F)(F)F. The highest BCUT2D eigenvalue weighted by atomic mass is 35.5. The summed E-state index contributed by atoms with van der Waals surface area (Å²) in [6, 6.07) is 7.45. The number of pyridine rings is 2. The molecule has 42 heavy (non-hydrogen) atoms. The normalized spacial score (nSPS) is 13.0. The average molecular weight is 607 g/mol. The fraction of sp³-hybridized carbons (Fsp3) is 0.241. The molecular formula is C29H24ClF5N4O3. The van der Waals surface area contributed by atoms with Gasteiger partial charge in [-0.1, -0.05) is 36.7 Å². The summed E-state index contributed by atoms with van der Waals surface area (Å²) < 4.78 is 68.8. The van der Waals surface area contributed by atoms with Crippen molar-refractivity contribution in [2.45, 2.75) is 44.9 Å². The van der Waals surface area contributed by atoms with Crippen LogP contribution in [-0.2, 0) is 11.2 Å². The molecule has 2 aromatic carbocycles. The molecule has 3 N–H and O–H groups in total. The minimum atomic E-state index is -4.67. The van der Waals surface area contributed by atoms with E-state index < -0.39 is 59.4 Å². The molecule has 2 atom stereocenters. The Morgan fingerprint density at radius 3 is 2.38 bits per heavy atom. The van der Waals surface area contributed by atoms with E-state index in [1.54, 1.807) is 43.3 Å². The van der Waals surface area contributed by atoms with E-state index in [9.17, 15) is 36.6 Å². The lowest BCUT2D eigenvalue weighted by molar-refractivity contribution is -0.143. The summed E-state index contributed by atoms with van der Waals surface area (Å²) in [7, 11) is 0. The highest BCUT2D eigenvalue weighted by molar-refractivity contribution is 6.33. The van der Waals surface area contributed by atoms with Crippen LogP contribution in [0.25, 0.3) is 22.2 Å². The lowest BCUT2D eigenvalue weighted by Gasteiger charge is -2.22. The van der Waals surface area contributed by atoms with Crippen molar-refractivity contribution in [2.24, 2.45) is 0 Å². The van der Waals surface area contributed by atoms with Gasteiger partial charge in [0.25, 0.3) is 5.91 Å².